The van der Waals surface area contributed by atoms with Gasteiger partial charge in [0, 0.05) is 126 Å². The average Bonchev–Trinajstić information content (AvgIpc) is 4.31. The van der Waals surface area contributed by atoms with Crippen LogP contribution >= 0.6 is 0 Å². The molecule has 2 fully saturated rings. The first kappa shape index (κ1) is 57.3. The molecule has 0 atom stereocenters. The third-order valence-corrected chi connectivity index (χ3v) is 16.0. The van der Waals surface area contributed by atoms with E-state index in [2.05, 4.69) is 144 Å². The van der Waals surface area contributed by atoms with E-state index in [9.17, 15) is 0 Å². The largest absolute Gasteiger partial charge is 0.496 e. The maximum absolute atomic E-state index is 7.00. The summed E-state index contributed by atoms with van der Waals surface area (Å²) >= 11 is 0. The van der Waals surface area contributed by atoms with Crippen molar-refractivity contribution in [1.29, 1.82) is 0 Å². The molecule has 0 spiro atoms. The topological polar surface area (TPSA) is 196 Å². The molecule has 14 rings (SSSR count). The highest BCUT2D eigenvalue weighted by atomic mass is 16.5. The van der Waals surface area contributed by atoms with Crippen molar-refractivity contribution in [3.05, 3.63) is 132 Å². The zero-order valence-corrected chi connectivity index (χ0v) is 47.5. The molecule has 428 valence electrons. The maximum Gasteiger partial charge on any atom is 0.142 e. The van der Waals surface area contributed by atoms with E-state index in [0.717, 1.165) is 194 Å². The third kappa shape index (κ3) is 10.1. The van der Waals surface area contributed by atoms with Crippen molar-refractivity contribution < 1.29 is 23.6 Å². The predicted molar refractivity (Wildman–Crippen MR) is 338 cm³/mol. The number of aromatic amines is 2. The quantitative estimate of drug-likeness (QED) is 0.112. The van der Waals surface area contributed by atoms with Gasteiger partial charge in [0.2, 0.25) is 0 Å². The number of H-pyrrole nitrogens is 2. The number of aliphatic hydroxyl groups is 1. The number of likely N-dealkylation sites (N-methyl/N-ethyl adjacent to an activating group) is 1. The molecule has 12 aromatic rings. The smallest absolute Gasteiger partial charge is 0.142 e. The highest BCUT2D eigenvalue weighted by Crippen LogP contribution is 2.46. The summed E-state index contributed by atoms with van der Waals surface area (Å²) in [6.45, 7) is 19.8. The van der Waals surface area contributed by atoms with E-state index < -0.39 is 0 Å². The standard InChI is InChI=1S/C32H32N6O2.C31H30N6O2.CH4O.2CH4/c1-18-29(19(2)40-36-18)25-16-26-24(17-28(25)39-5)30-31(33-20(3)34-32(30)35-26)23-10-11-27(22-9-7-6-8-21(22)23)38-14-12-37(4)13-15-38;1-17-28(18(2)39-36-17)24-15-25-23(16-27(24)38-4)29-30(33-19(3)34-31(29)35-25)22-9-10-26(37-13-11-32-12-14-37)21-8-6-5-7-20(21)22;1-2;;/h6-11,16-17H,12-15H2,1-5H3,(H,33,34,35);5-10,15-16,32H,11-14H2,1-4H3,(H,33,34,35);2H,1H3;2*1H4. The SMILES string of the molecule is C.C.CO.COc1cc2c(cc1-c1c(C)noc1C)[nH]c1nc(C)nc(-c3ccc(N4CCN(C)CC4)c4ccccc34)c12.COc1cc2c(cc1-c1c(C)noc1C)[nH]c1nc(C)nc(-c3ccc(N4CCNCC4)c4ccccc34)c12. The number of benzene rings is 6. The van der Waals surface area contributed by atoms with Crippen molar-refractivity contribution in [3.63, 3.8) is 0 Å². The van der Waals surface area contributed by atoms with Crippen LogP contribution in [-0.4, -0.2) is 131 Å². The van der Waals surface area contributed by atoms with E-state index in [1.807, 2.05) is 41.5 Å². The minimum Gasteiger partial charge on any atom is -0.496 e. The van der Waals surface area contributed by atoms with E-state index >= 15 is 0 Å². The third-order valence-electron chi connectivity index (χ3n) is 16.0. The molecule has 17 heteroatoms. The highest BCUT2D eigenvalue weighted by Gasteiger charge is 2.26. The van der Waals surface area contributed by atoms with Gasteiger partial charge in [0.1, 0.15) is 46.0 Å². The molecule has 17 nitrogen and oxygen atoms in total. The first-order valence-electron chi connectivity index (χ1n) is 27.5. The minimum atomic E-state index is 0. The summed E-state index contributed by atoms with van der Waals surface area (Å²) in [6, 6.07) is 34.6. The molecule has 4 N–H and O–H groups in total. The number of rotatable bonds is 8. The summed E-state index contributed by atoms with van der Waals surface area (Å²) in [5.41, 5.74) is 15.5. The van der Waals surface area contributed by atoms with Gasteiger partial charge in [-0.2, -0.15) is 0 Å². The van der Waals surface area contributed by atoms with Crippen LogP contribution < -0.4 is 24.6 Å². The van der Waals surface area contributed by atoms with Gasteiger partial charge in [-0.1, -0.05) is 85.8 Å². The number of hydrogen-bond acceptors (Lipinski definition) is 15. The molecule has 0 aliphatic carbocycles. The van der Waals surface area contributed by atoms with Crippen molar-refractivity contribution in [2.75, 3.05) is 90.5 Å². The summed E-state index contributed by atoms with van der Waals surface area (Å²) in [5, 5.41) is 27.6. The molecule has 0 unspecified atom stereocenters. The van der Waals surface area contributed by atoms with Crippen LogP contribution in [0.15, 0.2) is 106 Å². The fourth-order valence-electron chi connectivity index (χ4n) is 12.2. The Morgan fingerprint density at radius 3 is 1.29 bits per heavy atom. The molecule has 0 saturated carbocycles. The minimum absolute atomic E-state index is 0. The number of nitrogens with one attached hydrogen (secondary N) is 3. The van der Waals surface area contributed by atoms with Gasteiger partial charge in [0.15, 0.2) is 0 Å². The molecule has 83 heavy (non-hydrogen) atoms. The molecule has 2 aliphatic heterocycles. The Balaban J connectivity index is 0.000000176. The van der Waals surface area contributed by atoms with E-state index in [1.54, 1.807) is 14.2 Å². The second kappa shape index (κ2) is 23.5. The number of piperazine rings is 2. The molecule has 0 bridgehead atoms. The van der Waals surface area contributed by atoms with Crippen LogP contribution in [0.25, 0.3) is 110 Å². The number of aliphatic hydroxyl groups excluding tert-OH is 1. The van der Waals surface area contributed by atoms with Gasteiger partial charge in [-0.15, -0.1) is 0 Å². The first-order valence-corrected chi connectivity index (χ1v) is 27.5. The average molecular weight is 1120 g/mol. The van der Waals surface area contributed by atoms with Crippen LogP contribution in [0.4, 0.5) is 11.4 Å². The van der Waals surface area contributed by atoms with Crippen molar-refractivity contribution in [2.24, 2.45) is 0 Å². The number of aryl methyl sites for hydroxylation is 6. The second-order valence-corrected chi connectivity index (χ2v) is 20.9. The zero-order chi connectivity index (χ0) is 56.2. The van der Waals surface area contributed by atoms with Gasteiger partial charge < -0.3 is 53.6 Å². The number of anilines is 2. The van der Waals surface area contributed by atoms with Crippen molar-refractivity contribution >= 4 is 76.8 Å². The van der Waals surface area contributed by atoms with E-state index in [0.29, 0.717) is 0 Å². The Morgan fingerprint density at radius 1 is 0.482 bits per heavy atom. The lowest BCUT2D eigenvalue weighted by molar-refractivity contribution is 0.313. The second-order valence-electron chi connectivity index (χ2n) is 20.9. The van der Waals surface area contributed by atoms with Crippen molar-refractivity contribution in [1.82, 2.24) is 50.4 Å². The number of fused-ring (bicyclic) bond motifs is 8. The normalized spacial score (nSPS) is 13.7. The number of nitrogens with zero attached hydrogens (tertiary/aromatic N) is 9. The molecular weight excluding hydrogens is 1040 g/mol. The fourth-order valence-corrected chi connectivity index (χ4v) is 12.2. The highest BCUT2D eigenvalue weighted by molar-refractivity contribution is 6.18. The van der Waals surface area contributed by atoms with Gasteiger partial charge in [0.25, 0.3) is 0 Å². The monoisotopic (exact) mass is 1110 g/mol. The number of hydrogen-bond donors (Lipinski definition) is 4. The van der Waals surface area contributed by atoms with Crippen LogP contribution in [0.5, 0.6) is 11.5 Å². The van der Waals surface area contributed by atoms with Gasteiger partial charge in [-0.3, -0.25) is 0 Å². The van der Waals surface area contributed by atoms with E-state index in [-0.39, 0.29) is 14.9 Å². The van der Waals surface area contributed by atoms with Gasteiger partial charge in [-0.25, -0.2) is 19.9 Å². The van der Waals surface area contributed by atoms with E-state index in [1.165, 1.54) is 32.9 Å². The van der Waals surface area contributed by atoms with Gasteiger partial charge in [-0.05, 0) is 95.8 Å². The molecule has 0 amide bonds. The first-order chi connectivity index (χ1) is 39.5. The number of ether oxygens (including phenoxy) is 2. The Labute approximate surface area is 483 Å². The van der Waals surface area contributed by atoms with Crippen molar-refractivity contribution in [2.45, 2.75) is 56.4 Å². The lowest BCUT2D eigenvalue weighted by atomic mass is 9.96. The van der Waals surface area contributed by atoms with Crippen LogP contribution in [0, 0.1) is 41.5 Å². The lowest BCUT2D eigenvalue weighted by Crippen LogP contribution is -2.44. The molecule has 2 saturated heterocycles. The molecule has 2 aliphatic rings. The van der Waals surface area contributed by atoms with Gasteiger partial charge >= 0.3 is 0 Å². The predicted octanol–water partition coefficient (Wildman–Crippen LogP) is 13.1. The lowest BCUT2D eigenvalue weighted by Gasteiger charge is -2.35. The molecule has 8 heterocycles. The van der Waals surface area contributed by atoms with Crippen molar-refractivity contribution in [3.8, 4) is 56.3 Å². The molecular formula is C66H74N12O5. The number of methoxy groups -OCH3 is 2. The van der Waals surface area contributed by atoms with E-state index in [4.69, 9.17) is 43.6 Å². The Hall–Kier alpha value is -8.90. The summed E-state index contributed by atoms with van der Waals surface area (Å²) < 4.78 is 22.7. The zero-order valence-electron chi connectivity index (χ0n) is 47.5. The Bertz CT molecular complexity index is 4310. The van der Waals surface area contributed by atoms with Crippen LogP contribution in [-0.2, 0) is 0 Å². The summed E-state index contributed by atoms with van der Waals surface area (Å²) in [4.78, 5) is 34.1. The van der Waals surface area contributed by atoms with Crippen LogP contribution in [0.3, 0.4) is 0 Å². The van der Waals surface area contributed by atoms with Crippen LogP contribution in [0.2, 0.25) is 0 Å². The fraction of sp³-hybridized carbons (Fsp3) is 0.303. The Kier molecular flexibility index (Phi) is 16.3. The van der Waals surface area contributed by atoms with Gasteiger partial charge in [0.05, 0.1) is 58.9 Å². The number of aromatic nitrogens is 8. The summed E-state index contributed by atoms with van der Waals surface area (Å²) in [5.74, 6) is 4.47. The Morgan fingerprint density at radius 2 is 0.892 bits per heavy atom. The molecule has 6 aromatic carbocycles. The molecule has 6 aromatic heterocycles. The maximum atomic E-state index is 7.00. The van der Waals surface area contributed by atoms with Crippen LogP contribution in [0.1, 0.15) is 49.4 Å². The molecule has 0 radical (unpaired) electrons. The summed E-state index contributed by atoms with van der Waals surface area (Å²) in [7, 11) is 6.58. The summed E-state index contributed by atoms with van der Waals surface area (Å²) in [6.07, 6.45) is 0.